The molecule has 1 aliphatic rings. The minimum atomic E-state index is 0.254. The molecule has 14 heavy (non-hydrogen) atoms. The first kappa shape index (κ1) is 12.0. The van der Waals surface area contributed by atoms with E-state index in [-0.39, 0.29) is 6.61 Å². The van der Waals surface area contributed by atoms with Crippen LogP contribution in [0.2, 0.25) is 0 Å². The quantitative estimate of drug-likeness (QED) is 0.719. The summed E-state index contributed by atoms with van der Waals surface area (Å²) in [4.78, 5) is 2.48. The average Bonchev–Trinajstić information content (AvgIpc) is 2.63. The molecule has 0 aromatic heterocycles. The van der Waals surface area contributed by atoms with Gasteiger partial charge in [0, 0.05) is 32.2 Å². The second-order valence-corrected chi connectivity index (χ2v) is 4.54. The van der Waals surface area contributed by atoms with Crippen LogP contribution in [0.4, 0.5) is 0 Å². The van der Waals surface area contributed by atoms with E-state index in [1.54, 1.807) is 7.11 Å². The molecule has 84 valence electrons. The zero-order valence-corrected chi connectivity index (χ0v) is 9.57. The fourth-order valence-corrected chi connectivity index (χ4v) is 2.22. The Labute approximate surface area is 87.1 Å². The van der Waals surface area contributed by atoms with Crippen molar-refractivity contribution in [2.45, 2.75) is 26.3 Å². The standard InChI is InChI=1S/C11H23NO2/c1-9(2)12-5-4-10(6-12)11(7-13)8-14-3/h9-11,13H,4-8H2,1-3H3. The molecule has 0 radical (unpaired) electrons. The van der Waals surface area contributed by atoms with Crippen LogP contribution in [-0.2, 0) is 4.74 Å². The van der Waals surface area contributed by atoms with Crippen molar-refractivity contribution < 1.29 is 9.84 Å². The molecule has 1 heterocycles. The van der Waals surface area contributed by atoms with Gasteiger partial charge in [-0.3, -0.25) is 0 Å². The van der Waals surface area contributed by atoms with Crippen LogP contribution >= 0.6 is 0 Å². The molecule has 0 aromatic rings. The summed E-state index contributed by atoms with van der Waals surface area (Å²) < 4.78 is 5.12. The normalized spacial score (nSPS) is 25.9. The third-order valence-electron chi connectivity index (χ3n) is 3.27. The summed E-state index contributed by atoms with van der Waals surface area (Å²) in [6, 6.07) is 0.627. The monoisotopic (exact) mass is 201 g/mol. The summed E-state index contributed by atoms with van der Waals surface area (Å²) in [7, 11) is 1.71. The summed E-state index contributed by atoms with van der Waals surface area (Å²) >= 11 is 0. The smallest absolute Gasteiger partial charge is 0.0515 e. The Hall–Kier alpha value is -0.120. The first-order valence-corrected chi connectivity index (χ1v) is 5.52. The van der Waals surface area contributed by atoms with E-state index in [2.05, 4.69) is 18.7 Å². The molecule has 0 bridgehead atoms. The van der Waals surface area contributed by atoms with Crippen molar-refractivity contribution in [3.63, 3.8) is 0 Å². The van der Waals surface area contributed by atoms with E-state index < -0.39 is 0 Å². The first-order chi connectivity index (χ1) is 6.69. The molecule has 3 nitrogen and oxygen atoms in total. The van der Waals surface area contributed by atoms with E-state index in [1.165, 1.54) is 13.0 Å². The largest absolute Gasteiger partial charge is 0.396 e. The van der Waals surface area contributed by atoms with E-state index in [4.69, 9.17) is 4.74 Å². The van der Waals surface area contributed by atoms with E-state index in [9.17, 15) is 5.11 Å². The van der Waals surface area contributed by atoms with Gasteiger partial charge in [0.15, 0.2) is 0 Å². The van der Waals surface area contributed by atoms with Crippen LogP contribution < -0.4 is 0 Å². The van der Waals surface area contributed by atoms with Crippen LogP contribution in [0.15, 0.2) is 0 Å². The van der Waals surface area contributed by atoms with Gasteiger partial charge in [0.2, 0.25) is 0 Å². The Morgan fingerprint density at radius 2 is 2.21 bits per heavy atom. The Kier molecular flexibility index (Phi) is 4.85. The van der Waals surface area contributed by atoms with Crippen LogP contribution in [0, 0.1) is 11.8 Å². The topological polar surface area (TPSA) is 32.7 Å². The number of nitrogens with zero attached hydrogens (tertiary/aromatic N) is 1. The molecule has 0 saturated carbocycles. The molecule has 1 fully saturated rings. The van der Waals surface area contributed by atoms with Crippen LogP contribution in [0.1, 0.15) is 20.3 Å². The molecular weight excluding hydrogens is 178 g/mol. The zero-order valence-electron chi connectivity index (χ0n) is 9.57. The predicted octanol–water partition coefficient (Wildman–Crippen LogP) is 0.972. The van der Waals surface area contributed by atoms with Crippen LogP contribution in [0.3, 0.4) is 0 Å². The molecule has 0 amide bonds. The third-order valence-corrected chi connectivity index (χ3v) is 3.27. The molecule has 0 aromatic carbocycles. The first-order valence-electron chi connectivity index (χ1n) is 5.52. The predicted molar refractivity (Wildman–Crippen MR) is 57.3 cm³/mol. The summed E-state index contributed by atoms with van der Waals surface area (Å²) in [6.45, 7) is 7.69. The van der Waals surface area contributed by atoms with Crippen molar-refractivity contribution in [1.82, 2.24) is 4.90 Å². The number of aliphatic hydroxyl groups is 1. The van der Waals surface area contributed by atoms with Crippen LogP contribution in [-0.4, -0.2) is 49.5 Å². The second-order valence-electron chi connectivity index (χ2n) is 4.54. The van der Waals surface area contributed by atoms with Gasteiger partial charge in [-0.15, -0.1) is 0 Å². The highest BCUT2D eigenvalue weighted by Crippen LogP contribution is 2.25. The summed E-state index contributed by atoms with van der Waals surface area (Å²) in [5.74, 6) is 0.936. The minimum Gasteiger partial charge on any atom is -0.396 e. The van der Waals surface area contributed by atoms with E-state index in [0.29, 0.717) is 24.5 Å². The van der Waals surface area contributed by atoms with Gasteiger partial charge in [-0.05, 0) is 32.7 Å². The molecule has 1 N–H and O–H groups in total. The maximum atomic E-state index is 9.24. The maximum Gasteiger partial charge on any atom is 0.0515 e. The van der Waals surface area contributed by atoms with Gasteiger partial charge < -0.3 is 14.7 Å². The van der Waals surface area contributed by atoms with Gasteiger partial charge in [-0.2, -0.15) is 0 Å². The van der Waals surface area contributed by atoms with Crippen molar-refractivity contribution in [2.24, 2.45) is 11.8 Å². The maximum absolute atomic E-state index is 9.24. The second kappa shape index (κ2) is 5.69. The van der Waals surface area contributed by atoms with Gasteiger partial charge in [0.25, 0.3) is 0 Å². The molecule has 1 aliphatic heterocycles. The number of hydrogen-bond acceptors (Lipinski definition) is 3. The van der Waals surface area contributed by atoms with E-state index >= 15 is 0 Å². The molecule has 2 atom stereocenters. The summed E-state index contributed by atoms with van der Waals surface area (Å²) in [6.07, 6.45) is 1.20. The van der Waals surface area contributed by atoms with Crippen molar-refractivity contribution >= 4 is 0 Å². The fourth-order valence-electron chi connectivity index (χ4n) is 2.22. The molecule has 1 saturated heterocycles. The van der Waals surface area contributed by atoms with Gasteiger partial charge in [0.05, 0.1) is 6.61 Å². The summed E-state index contributed by atoms with van der Waals surface area (Å²) in [5.41, 5.74) is 0. The molecule has 2 unspecified atom stereocenters. The number of likely N-dealkylation sites (tertiary alicyclic amines) is 1. The number of hydrogen-bond donors (Lipinski definition) is 1. The number of rotatable bonds is 5. The lowest BCUT2D eigenvalue weighted by atomic mass is 9.93. The van der Waals surface area contributed by atoms with Crippen molar-refractivity contribution in [2.75, 3.05) is 33.4 Å². The highest BCUT2D eigenvalue weighted by Gasteiger charge is 2.29. The van der Waals surface area contributed by atoms with Gasteiger partial charge in [-0.1, -0.05) is 0 Å². The highest BCUT2D eigenvalue weighted by atomic mass is 16.5. The molecule has 1 rings (SSSR count). The minimum absolute atomic E-state index is 0.254. The zero-order chi connectivity index (χ0) is 10.6. The average molecular weight is 201 g/mol. The molecular formula is C11H23NO2. The van der Waals surface area contributed by atoms with Gasteiger partial charge in [-0.25, -0.2) is 0 Å². The third kappa shape index (κ3) is 2.94. The Bertz CT molecular complexity index is 161. The SMILES string of the molecule is COCC(CO)C1CCN(C(C)C)C1. The van der Waals surface area contributed by atoms with Gasteiger partial charge in [0.1, 0.15) is 0 Å². The van der Waals surface area contributed by atoms with Crippen molar-refractivity contribution in [1.29, 1.82) is 0 Å². The number of aliphatic hydroxyl groups excluding tert-OH is 1. The lowest BCUT2D eigenvalue weighted by Gasteiger charge is -2.23. The van der Waals surface area contributed by atoms with Crippen molar-refractivity contribution in [3.8, 4) is 0 Å². The molecule has 0 spiro atoms. The Balaban J connectivity index is 2.39. The van der Waals surface area contributed by atoms with Crippen molar-refractivity contribution in [3.05, 3.63) is 0 Å². The Morgan fingerprint density at radius 3 is 2.64 bits per heavy atom. The molecule has 0 aliphatic carbocycles. The van der Waals surface area contributed by atoms with Crippen LogP contribution in [0.5, 0.6) is 0 Å². The summed E-state index contributed by atoms with van der Waals surface area (Å²) in [5, 5.41) is 9.24. The lowest BCUT2D eigenvalue weighted by Crippen LogP contribution is -2.31. The fraction of sp³-hybridized carbons (Fsp3) is 1.00. The number of ether oxygens (including phenoxy) is 1. The Morgan fingerprint density at radius 1 is 1.50 bits per heavy atom. The number of methoxy groups -OCH3 is 1. The van der Waals surface area contributed by atoms with E-state index in [1.807, 2.05) is 0 Å². The van der Waals surface area contributed by atoms with Crippen LogP contribution in [0.25, 0.3) is 0 Å². The highest BCUT2D eigenvalue weighted by molar-refractivity contribution is 4.82. The lowest BCUT2D eigenvalue weighted by molar-refractivity contribution is 0.0758. The van der Waals surface area contributed by atoms with E-state index in [0.717, 1.165) is 6.54 Å². The van der Waals surface area contributed by atoms with Gasteiger partial charge >= 0.3 is 0 Å². The molecule has 3 heteroatoms.